The van der Waals surface area contributed by atoms with E-state index in [2.05, 4.69) is 0 Å². The van der Waals surface area contributed by atoms with Gasteiger partial charge in [-0.15, -0.1) is 0 Å². The summed E-state index contributed by atoms with van der Waals surface area (Å²) in [4.78, 5) is 22.7. The molecule has 0 saturated heterocycles. The number of methoxy groups -OCH3 is 1. The molecule has 4 N–H and O–H groups in total. The highest BCUT2D eigenvalue weighted by Gasteiger charge is 2.39. The zero-order valence-corrected chi connectivity index (χ0v) is 11.4. The van der Waals surface area contributed by atoms with Gasteiger partial charge in [-0.3, -0.25) is 9.59 Å². The van der Waals surface area contributed by atoms with Gasteiger partial charge in [0.2, 0.25) is 11.6 Å². The molecule has 1 atom stereocenters. The predicted octanol–water partition coefficient (Wildman–Crippen LogP) is 1.09. The van der Waals surface area contributed by atoms with Crippen molar-refractivity contribution in [1.82, 2.24) is 0 Å². The van der Waals surface area contributed by atoms with Crippen LogP contribution in [-0.2, 0) is 9.59 Å². The second-order valence-electron chi connectivity index (χ2n) is 4.77. The van der Waals surface area contributed by atoms with Crippen LogP contribution < -0.4 is 16.2 Å². The van der Waals surface area contributed by atoms with Crippen LogP contribution in [0.1, 0.15) is 12.0 Å². The van der Waals surface area contributed by atoms with Crippen LogP contribution in [-0.4, -0.2) is 24.6 Å². The lowest BCUT2D eigenvalue weighted by molar-refractivity contribution is -0.126. The minimum Gasteiger partial charge on any atom is -0.497 e. The molecule has 0 heterocycles. The average molecular weight is 290 g/mol. The lowest BCUT2D eigenvalue weighted by Gasteiger charge is -2.24. The Hall–Kier alpha value is -2.63. The minimum absolute atomic E-state index is 0.0182. The summed E-state index contributed by atoms with van der Waals surface area (Å²) in [6.07, 6.45) is 2.13. The monoisotopic (exact) mass is 290 g/mol. The molecule has 21 heavy (non-hydrogen) atoms. The fraction of sp³-hybridized carbons (Fsp3) is 0.200. The summed E-state index contributed by atoms with van der Waals surface area (Å²) >= 11 is 0. The second-order valence-corrected chi connectivity index (χ2v) is 4.77. The minimum atomic E-state index is -2.42. The summed E-state index contributed by atoms with van der Waals surface area (Å²) in [7, 11) is 1.53. The van der Waals surface area contributed by atoms with Crippen LogP contribution in [0.4, 0.5) is 4.39 Å². The zero-order chi connectivity index (χ0) is 15.6. The number of hydrogen-bond acceptors (Lipinski definition) is 3. The lowest BCUT2D eigenvalue weighted by Crippen LogP contribution is -2.41. The number of hydrogen-bond donors (Lipinski definition) is 2. The van der Waals surface area contributed by atoms with Gasteiger partial charge in [0, 0.05) is 12.0 Å². The second kappa shape index (κ2) is 5.40. The first-order chi connectivity index (χ1) is 9.85. The number of alkyl halides is 1. The topological polar surface area (TPSA) is 95.4 Å². The third kappa shape index (κ3) is 2.94. The van der Waals surface area contributed by atoms with Crippen LogP contribution in [0.3, 0.4) is 0 Å². The molecular formula is C15H15FN2O3. The van der Waals surface area contributed by atoms with Crippen molar-refractivity contribution in [1.29, 1.82) is 0 Å². The maximum atomic E-state index is 14.6. The van der Waals surface area contributed by atoms with E-state index in [0.29, 0.717) is 16.9 Å². The molecule has 5 nitrogen and oxygen atoms in total. The van der Waals surface area contributed by atoms with Gasteiger partial charge < -0.3 is 16.2 Å². The molecule has 0 fully saturated rings. The molecule has 0 bridgehead atoms. The number of benzene rings is 1. The highest BCUT2D eigenvalue weighted by atomic mass is 19.1. The number of allylic oxidation sites excluding steroid dienone is 2. The van der Waals surface area contributed by atoms with Gasteiger partial charge >= 0.3 is 0 Å². The largest absolute Gasteiger partial charge is 0.497 e. The summed E-state index contributed by atoms with van der Waals surface area (Å²) in [6.45, 7) is 0. The van der Waals surface area contributed by atoms with Gasteiger partial charge in [0.15, 0.2) is 0 Å². The Morgan fingerprint density at radius 1 is 1.24 bits per heavy atom. The number of carbonyl (C=O) groups excluding carboxylic acids is 2. The van der Waals surface area contributed by atoms with E-state index in [-0.39, 0.29) is 5.57 Å². The summed E-state index contributed by atoms with van der Waals surface area (Å²) in [5.41, 5.74) is 8.89. The zero-order valence-electron chi connectivity index (χ0n) is 11.4. The number of nitrogens with two attached hydrogens (primary N) is 2. The van der Waals surface area contributed by atoms with E-state index in [1.165, 1.54) is 13.2 Å². The third-order valence-corrected chi connectivity index (χ3v) is 3.31. The Labute approximate surface area is 121 Å². The molecule has 2 amide bonds. The summed E-state index contributed by atoms with van der Waals surface area (Å²) in [6, 6.07) is 6.75. The summed E-state index contributed by atoms with van der Waals surface area (Å²) < 4.78 is 19.6. The first-order valence-corrected chi connectivity index (χ1v) is 6.22. The van der Waals surface area contributed by atoms with Crippen molar-refractivity contribution < 1.29 is 18.7 Å². The van der Waals surface area contributed by atoms with E-state index in [1.54, 1.807) is 24.3 Å². The highest BCUT2D eigenvalue weighted by molar-refractivity contribution is 6.00. The molecule has 110 valence electrons. The fourth-order valence-electron chi connectivity index (χ4n) is 2.12. The van der Waals surface area contributed by atoms with Gasteiger partial charge in [0.25, 0.3) is 5.91 Å². The Balaban J connectivity index is 2.49. The van der Waals surface area contributed by atoms with Gasteiger partial charge in [0.05, 0.1) is 7.11 Å². The van der Waals surface area contributed by atoms with E-state index in [1.807, 2.05) is 0 Å². The molecule has 1 aromatic carbocycles. The summed E-state index contributed by atoms with van der Waals surface area (Å²) in [5, 5.41) is 0. The van der Waals surface area contributed by atoms with Crippen LogP contribution in [0, 0.1) is 0 Å². The molecule has 1 unspecified atom stereocenters. The van der Waals surface area contributed by atoms with Crippen molar-refractivity contribution in [3.05, 3.63) is 47.6 Å². The molecule has 6 heteroatoms. The number of halogens is 1. The number of amides is 2. The highest BCUT2D eigenvalue weighted by Crippen LogP contribution is 2.34. The fourth-order valence-corrected chi connectivity index (χ4v) is 2.12. The van der Waals surface area contributed by atoms with E-state index >= 15 is 0 Å². The van der Waals surface area contributed by atoms with Crippen LogP contribution in [0.2, 0.25) is 0 Å². The first kappa shape index (κ1) is 14.8. The number of rotatable bonds is 4. The molecule has 1 aliphatic carbocycles. The summed E-state index contributed by atoms with van der Waals surface area (Å²) in [5.74, 6) is -1.30. The maximum Gasteiger partial charge on any atom is 0.259 e. The van der Waals surface area contributed by atoms with Crippen molar-refractivity contribution in [2.24, 2.45) is 11.5 Å². The Bertz CT molecular complexity index is 649. The first-order valence-electron chi connectivity index (χ1n) is 6.22. The van der Waals surface area contributed by atoms with Crippen molar-refractivity contribution >= 4 is 17.4 Å². The number of carbonyl (C=O) groups is 2. The molecule has 0 saturated carbocycles. The Kier molecular flexibility index (Phi) is 3.80. The molecule has 0 aliphatic heterocycles. The quantitative estimate of drug-likeness (QED) is 0.868. The van der Waals surface area contributed by atoms with Crippen molar-refractivity contribution in [2.75, 3.05) is 7.11 Å². The van der Waals surface area contributed by atoms with Crippen LogP contribution in [0.25, 0.3) is 5.57 Å². The van der Waals surface area contributed by atoms with Crippen LogP contribution in [0.5, 0.6) is 5.75 Å². The van der Waals surface area contributed by atoms with E-state index < -0.39 is 23.9 Å². The van der Waals surface area contributed by atoms with Gasteiger partial charge in [-0.05, 0) is 35.4 Å². The third-order valence-electron chi connectivity index (χ3n) is 3.31. The molecule has 0 radical (unpaired) electrons. The van der Waals surface area contributed by atoms with E-state index in [0.717, 1.165) is 6.08 Å². The van der Waals surface area contributed by atoms with Crippen molar-refractivity contribution in [3.63, 3.8) is 0 Å². The Morgan fingerprint density at radius 3 is 2.33 bits per heavy atom. The SMILES string of the molecule is COc1ccc(C2=CC(F)(C(N)=O)CC(C(N)=O)=C2)cc1. The molecule has 1 aliphatic rings. The van der Waals surface area contributed by atoms with E-state index in [9.17, 15) is 14.0 Å². The van der Waals surface area contributed by atoms with Crippen molar-refractivity contribution in [3.8, 4) is 5.75 Å². The normalized spacial score (nSPS) is 21.2. The predicted molar refractivity (Wildman–Crippen MR) is 75.9 cm³/mol. The molecular weight excluding hydrogens is 275 g/mol. The van der Waals surface area contributed by atoms with E-state index in [4.69, 9.17) is 16.2 Å². The van der Waals surface area contributed by atoms with Crippen LogP contribution >= 0.6 is 0 Å². The smallest absolute Gasteiger partial charge is 0.259 e. The standard InChI is InChI=1S/C15H15FN2O3/c1-21-12-4-2-9(3-5-12)10-6-11(13(17)19)8-15(16,7-10)14(18)20/h2-7H,8H2,1H3,(H2,17,19)(H2,18,20). The Morgan fingerprint density at radius 2 is 1.86 bits per heavy atom. The number of primary amides is 2. The number of ether oxygens (including phenoxy) is 1. The average Bonchev–Trinajstić information content (AvgIpc) is 2.46. The van der Waals surface area contributed by atoms with Gasteiger partial charge in [-0.2, -0.15) is 0 Å². The van der Waals surface area contributed by atoms with Gasteiger partial charge in [0.1, 0.15) is 5.75 Å². The van der Waals surface area contributed by atoms with Gasteiger partial charge in [-0.1, -0.05) is 12.1 Å². The van der Waals surface area contributed by atoms with Gasteiger partial charge in [-0.25, -0.2) is 4.39 Å². The van der Waals surface area contributed by atoms with Crippen LogP contribution in [0.15, 0.2) is 42.0 Å². The molecule has 1 aromatic rings. The molecule has 2 rings (SSSR count). The molecule has 0 aromatic heterocycles. The lowest BCUT2D eigenvalue weighted by atomic mass is 9.84. The molecule has 0 spiro atoms. The van der Waals surface area contributed by atoms with Crippen molar-refractivity contribution in [2.45, 2.75) is 12.1 Å². The maximum absolute atomic E-state index is 14.6.